The van der Waals surface area contributed by atoms with Gasteiger partial charge in [0.25, 0.3) is 5.56 Å². The highest BCUT2D eigenvalue weighted by molar-refractivity contribution is 5.90. The minimum absolute atomic E-state index is 0.183. The van der Waals surface area contributed by atoms with Gasteiger partial charge in [-0.25, -0.2) is 9.37 Å². The Morgan fingerprint density at radius 1 is 1.38 bits per heavy atom. The normalized spacial score (nSPS) is 11.7. The molecule has 32 heavy (non-hydrogen) atoms. The first-order valence-corrected chi connectivity index (χ1v) is 11.1. The van der Waals surface area contributed by atoms with E-state index < -0.39 is 0 Å². The van der Waals surface area contributed by atoms with Crippen LogP contribution in [-0.4, -0.2) is 20.4 Å². The quantitative estimate of drug-likeness (QED) is 0.360. The largest absolute Gasteiger partial charge is 0.340 e. The highest BCUT2D eigenvalue weighted by atomic mass is 19.1. The van der Waals surface area contributed by atoms with Crippen LogP contribution >= 0.6 is 0 Å². The number of amides is 1. The monoisotopic (exact) mass is 438 g/mol. The summed E-state index contributed by atoms with van der Waals surface area (Å²) in [7, 11) is 0. The molecule has 6 nitrogen and oxygen atoms in total. The van der Waals surface area contributed by atoms with Crippen molar-refractivity contribution in [2.45, 2.75) is 59.9 Å². The Morgan fingerprint density at radius 3 is 2.88 bits per heavy atom. The summed E-state index contributed by atoms with van der Waals surface area (Å²) < 4.78 is 16.2. The number of nitrogens with one attached hydrogen (secondary N) is 2. The van der Waals surface area contributed by atoms with Crippen LogP contribution in [0, 0.1) is 18.7 Å². The number of hydrogen-bond donors (Lipinski definition) is 2. The summed E-state index contributed by atoms with van der Waals surface area (Å²) >= 11 is 0. The second-order valence-electron chi connectivity index (χ2n) is 8.53. The summed E-state index contributed by atoms with van der Waals surface area (Å²) in [5, 5.41) is 2.71. The first-order chi connectivity index (χ1) is 15.3. The van der Waals surface area contributed by atoms with Crippen molar-refractivity contribution >= 4 is 22.6 Å². The summed E-state index contributed by atoms with van der Waals surface area (Å²) in [4.78, 5) is 32.8. The SMILES string of the molecule is C/C=C/CCCC(=O)Nc1cccn(Cc2nc3c(CC(C)C)c(F)c(C)cc3[nH]2)c1=O. The molecule has 2 aromatic heterocycles. The van der Waals surface area contributed by atoms with Crippen molar-refractivity contribution in [1.82, 2.24) is 14.5 Å². The van der Waals surface area contributed by atoms with Crippen LogP contribution in [0.15, 0.2) is 41.3 Å². The highest BCUT2D eigenvalue weighted by Crippen LogP contribution is 2.25. The first-order valence-electron chi connectivity index (χ1n) is 11.1. The summed E-state index contributed by atoms with van der Waals surface area (Å²) in [5.41, 5.74) is 2.47. The van der Waals surface area contributed by atoms with Gasteiger partial charge in [-0.2, -0.15) is 0 Å². The molecular formula is C25H31FN4O2. The van der Waals surface area contributed by atoms with Crippen LogP contribution in [0.4, 0.5) is 10.1 Å². The van der Waals surface area contributed by atoms with Crippen LogP contribution < -0.4 is 10.9 Å². The lowest BCUT2D eigenvalue weighted by molar-refractivity contribution is -0.116. The summed E-state index contributed by atoms with van der Waals surface area (Å²) in [5.74, 6) is 0.445. The zero-order valence-corrected chi connectivity index (χ0v) is 19.2. The second-order valence-corrected chi connectivity index (χ2v) is 8.53. The van der Waals surface area contributed by atoms with Crippen LogP contribution in [0.2, 0.25) is 0 Å². The number of H-pyrrole nitrogens is 1. The number of rotatable bonds is 9. The van der Waals surface area contributed by atoms with E-state index in [1.54, 1.807) is 31.3 Å². The van der Waals surface area contributed by atoms with Crippen LogP contribution in [0.1, 0.15) is 57.0 Å². The van der Waals surface area contributed by atoms with E-state index >= 15 is 0 Å². The van der Waals surface area contributed by atoms with Gasteiger partial charge in [-0.1, -0.05) is 26.0 Å². The molecule has 0 aliphatic carbocycles. The van der Waals surface area contributed by atoms with Gasteiger partial charge in [0.05, 0.1) is 17.6 Å². The van der Waals surface area contributed by atoms with Gasteiger partial charge in [0, 0.05) is 18.2 Å². The van der Waals surface area contributed by atoms with Crippen LogP contribution in [0.5, 0.6) is 0 Å². The van der Waals surface area contributed by atoms with E-state index in [9.17, 15) is 14.0 Å². The number of carbonyl (C=O) groups is 1. The van der Waals surface area contributed by atoms with E-state index in [0.717, 1.165) is 18.4 Å². The van der Waals surface area contributed by atoms with Gasteiger partial charge in [0.1, 0.15) is 17.3 Å². The zero-order chi connectivity index (χ0) is 23.3. The Labute approximate surface area is 187 Å². The minimum atomic E-state index is -0.306. The maximum atomic E-state index is 14.7. The number of allylic oxidation sites excluding steroid dienone is 2. The van der Waals surface area contributed by atoms with Gasteiger partial charge in [0.2, 0.25) is 5.91 Å². The molecule has 2 heterocycles. The Hall–Kier alpha value is -3.22. The van der Waals surface area contributed by atoms with Crippen molar-refractivity contribution in [2.75, 3.05) is 5.32 Å². The fourth-order valence-electron chi connectivity index (χ4n) is 3.74. The summed E-state index contributed by atoms with van der Waals surface area (Å²) in [6.07, 6.45) is 8.11. The lowest BCUT2D eigenvalue weighted by Gasteiger charge is -2.09. The van der Waals surface area contributed by atoms with E-state index in [-0.39, 0.29) is 35.4 Å². The van der Waals surface area contributed by atoms with Crippen LogP contribution in [0.3, 0.4) is 0 Å². The smallest absolute Gasteiger partial charge is 0.274 e. The molecule has 7 heteroatoms. The number of aromatic amines is 1. The molecule has 0 saturated heterocycles. The molecule has 0 aliphatic rings. The molecule has 0 saturated carbocycles. The van der Waals surface area contributed by atoms with Crippen LogP contribution in [-0.2, 0) is 17.8 Å². The number of benzene rings is 1. The predicted octanol–water partition coefficient (Wildman–Crippen LogP) is 5.10. The lowest BCUT2D eigenvalue weighted by Crippen LogP contribution is -2.26. The fourth-order valence-corrected chi connectivity index (χ4v) is 3.74. The number of nitrogens with zero attached hydrogens (tertiary/aromatic N) is 2. The van der Waals surface area contributed by atoms with Crippen molar-refractivity contribution < 1.29 is 9.18 Å². The molecule has 2 N–H and O–H groups in total. The molecule has 170 valence electrons. The van der Waals surface area contributed by atoms with Gasteiger partial charge in [-0.15, -0.1) is 0 Å². The number of aromatic nitrogens is 3. The zero-order valence-electron chi connectivity index (χ0n) is 19.2. The average molecular weight is 439 g/mol. The molecule has 0 atom stereocenters. The molecule has 1 amide bonds. The Kier molecular flexibility index (Phi) is 7.62. The number of unbranched alkanes of at least 4 members (excludes halogenated alkanes) is 1. The molecular weight excluding hydrogens is 407 g/mol. The van der Waals surface area contributed by atoms with Crippen molar-refractivity contribution in [3.05, 3.63) is 69.7 Å². The van der Waals surface area contributed by atoms with E-state index in [2.05, 4.69) is 15.3 Å². The molecule has 3 aromatic rings. The number of imidazole rings is 1. The number of halogens is 1. The number of carbonyl (C=O) groups excluding carboxylic acids is 1. The molecule has 0 spiro atoms. The molecule has 0 fully saturated rings. The molecule has 0 bridgehead atoms. The Bertz CT molecular complexity index is 1190. The van der Waals surface area contributed by atoms with Gasteiger partial charge >= 0.3 is 0 Å². The van der Waals surface area contributed by atoms with Crippen LogP contribution in [0.25, 0.3) is 11.0 Å². The third-order valence-electron chi connectivity index (χ3n) is 5.28. The topological polar surface area (TPSA) is 79.8 Å². The Morgan fingerprint density at radius 2 is 2.16 bits per heavy atom. The summed E-state index contributed by atoms with van der Waals surface area (Å²) in [6.45, 7) is 7.97. The first kappa shape index (κ1) is 23.4. The van der Waals surface area contributed by atoms with Gasteiger partial charge in [-0.05, 0) is 62.8 Å². The average Bonchev–Trinajstić information content (AvgIpc) is 3.13. The van der Waals surface area contributed by atoms with Crippen molar-refractivity contribution in [3.63, 3.8) is 0 Å². The number of fused-ring (bicyclic) bond motifs is 1. The van der Waals surface area contributed by atoms with E-state index in [4.69, 9.17) is 0 Å². The van der Waals surface area contributed by atoms with E-state index in [1.165, 1.54) is 4.57 Å². The van der Waals surface area contributed by atoms with E-state index in [0.29, 0.717) is 35.3 Å². The highest BCUT2D eigenvalue weighted by Gasteiger charge is 2.17. The minimum Gasteiger partial charge on any atom is -0.340 e. The van der Waals surface area contributed by atoms with Gasteiger partial charge in [0.15, 0.2) is 0 Å². The lowest BCUT2D eigenvalue weighted by atomic mass is 9.99. The third kappa shape index (κ3) is 5.52. The van der Waals surface area contributed by atoms with Gasteiger partial charge in [-0.3, -0.25) is 9.59 Å². The molecule has 0 radical (unpaired) electrons. The standard InChI is InChI=1S/C25H31FN4O2/c1-5-6-7-8-11-22(31)28-19-10-9-12-30(25(19)32)15-21-27-20-14-17(4)23(26)18(13-16(2)3)24(20)29-21/h5-6,9-10,12,14,16H,7-8,11,13,15H2,1-4H3,(H,27,29)(H,28,31)/b6-5+. The van der Waals surface area contributed by atoms with Crippen molar-refractivity contribution in [3.8, 4) is 0 Å². The third-order valence-corrected chi connectivity index (χ3v) is 5.28. The molecule has 3 rings (SSSR count). The fraction of sp³-hybridized carbons (Fsp3) is 0.400. The number of aryl methyl sites for hydroxylation is 1. The van der Waals surface area contributed by atoms with Gasteiger partial charge < -0.3 is 14.9 Å². The number of anilines is 1. The Balaban J connectivity index is 1.82. The molecule has 0 unspecified atom stereocenters. The maximum Gasteiger partial charge on any atom is 0.274 e. The molecule has 1 aromatic carbocycles. The second kappa shape index (κ2) is 10.4. The van der Waals surface area contributed by atoms with E-state index in [1.807, 2.05) is 32.9 Å². The van der Waals surface area contributed by atoms with Crippen molar-refractivity contribution in [2.24, 2.45) is 5.92 Å². The van der Waals surface area contributed by atoms with Crippen molar-refractivity contribution in [1.29, 1.82) is 0 Å². The number of hydrogen-bond acceptors (Lipinski definition) is 3. The number of pyridine rings is 1. The summed E-state index contributed by atoms with van der Waals surface area (Å²) in [6, 6.07) is 5.06. The molecule has 0 aliphatic heterocycles. The maximum absolute atomic E-state index is 14.7. The predicted molar refractivity (Wildman–Crippen MR) is 126 cm³/mol.